The van der Waals surface area contributed by atoms with E-state index in [1.807, 2.05) is 30.6 Å². The fourth-order valence-corrected chi connectivity index (χ4v) is 4.97. The first-order valence-corrected chi connectivity index (χ1v) is 13.3. The highest BCUT2D eigenvalue weighted by Gasteiger charge is 2.27. The predicted molar refractivity (Wildman–Crippen MR) is 131 cm³/mol. The highest BCUT2D eigenvalue weighted by Crippen LogP contribution is 2.51. The van der Waals surface area contributed by atoms with Crippen LogP contribution in [-0.4, -0.2) is 42.5 Å². The minimum absolute atomic E-state index is 0.00533. The van der Waals surface area contributed by atoms with E-state index >= 15 is 0 Å². The van der Waals surface area contributed by atoms with Gasteiger partial charge in [0.1, 0.15) is 11.4 Å². The SMILES string of the molecule is CCOc1ccc2cc(CP(=O)(OCC)OCC)c(CCC(=O)ONC(=O)OC(C)(C)C)nc2c1. The standard InChI is InChI=1S/C24H35N2O8P/c1-7-30-19-11-10-17-14-18(16-35(29,31-8-2)32-9-3)20(25-21(17)15-19)12-13-22(27)34-26-23(28)33-24(4,5)6/h10-11,14-15H,7-9,12-13,16H2,1-6H3,(H,26,28). The Morgan fingerprint density at radius 3 is 2.31 bits per heavy atom. The number of aromatic nitrogens is 1. The van der Waals surface area contributed by atoms with Gasteiger partial charge in [0.2, 0.25) is 0 Å². The smallest absolute Gasteiger partial charge is 0.441 e. The molecule has 0 radical (unpaired) electrons. The molecule has 0 spiro atoms. The molecule has 0 unspecified atom stereocenters. The summed E-state index contributed by atoms with van der Waals surface area (Å²) in [6.07, 6.45) is -0.768. The van der Waals surface area contributed by atoms with Crippen molar-refractivity contribution in [2.75, 3.05) is 19.8 Å². The third-order valence-corrected chi connectivity index (χ3v) is 6.53. The number of hydrogen-bond donors (Lipinski definition) is 1. The van der Waals surface area contributed by atoms with Gasteiger partial charge in [-0.3, -0.25) is 9.55 Å². The van der Waals surface area contributed by atoms with Crippen molar-refractivity contribution in [1.82, 2.24) is 10.5 Å². The van der Waals surface area contributed by atoms with Crippen LogP contribution in [0.5, 0.6) is 5.75 Å². The van der Waals surface area contributed by atoms with Crippen molar-refractivity contribution in [2.24, 2.45) is 0 Å². The summed E-state index contributed by atoms with van der Waals surface area (Å²) in [5.41, 5.74) is 3.10. The highest BCUT2D eigenvalue weighted by atomic mass is 31.2. The lowest BCUT2D eigenvalue weighted by Gasteiger charge is -2.19. The first-order valence-electron chi connectivity index (χ1n) is 11.6. The largest absolute Gasteiger partial charge is 0.494 e. The number of benzene rings is 1. The summed E-state index contributed by atoms with van der Waals surface area (Å²) in [5.74, 6) is -0.00829. The molecule has 0 saturated heterocycles. The molecule has 0 aliphatic rings. The molecule has 1 aromatic carbocycles. The lowest BCUT2D eigenvalue weighted by molar-refractivity contribution is -0.150. The van der Waals surface area contributed by atoms with Crippen LogP contribution in [-0.2, 0) is 40.6 Å². The van der Waals surface area contributed by atoms with Gasteiger partial charge in [-0.1, -0.05) is 0 Å². The second-order valence-electron chi connectivity index (χ2n) is 8.56. The van der Waals surface area contributed by atoms with Gasteiger partial charge in [0.05, 0.1) is 37.9 Å². The topological polar surface area (TPSA) is 122 Å². The van der Waals surface area contributed by atoms with E-state index in [1.165, 1.54) is 0 Å². The minimum atomic E-state index is -3.41. The van der Waals surface area contributed by atoms with E-state index in [9.17, 15) is 14.2 Å². The van der Waals surface area contributed by atoms with Gasteiger partial charge in [-0.15, -0.1) is 5.48 Å². The van der Waals surface area contributed by atoms with Crippen molar-refractivity contribution in [2.45, 2.75) is 66.1 Å². The zero-order chi connectivity index (χ0) is 26.1. The Morgan fingerprint density at radius 2 is 1.71 bits per heavy atom. The van der Waals surface area contributed by atoms with Crippen molar-refractivity contribution in [3.05, 3.63) is 35.5 Å². The molecule has 0 fully saturated rings. The molecule has 2 rings (SSSR count). The summed E-state index contributed by atoms with van der Waals surface area (Å²) in [5, 5.41) is 0.820. The molecule has 1 aromatic heterocycles. The van der Waals surface area contributed by atoms with Crippen LogP contribution >= 0.6 is 7.60 Å². The van der Waals surface area contributed by atoms with E-state index in [-0.39, 0.29) is 32.2 Å². The van der Waals surface area contributed by atoms with Crippen molar-refractivity contribution in [1.29, 1.82) is 0 Å². The number of rotatable bonds is 11. The van der Waals surface area contributed by atoms with Crippen LogP contribution in [0.25, 0.3) is 10.9 Å². The quantitative estimate of drug-likeness (QED) is 0.316. The van der Waals surface area contributed by atoms with Crippen molar-refractivity contribution >= 4 is 30.6 Å². The number of aryl methyl sites for hydroxylation is 1. The first-order chi connectivity index (χ1) is 16.5. The van der Waals surface area contributed by atoms with Gasteiger partial charge >= 0.3 is 19.7 Å². The van der Waals surface area contributed by atoms with E-state index in [0.717, 1.165) is 5.39 Å². The van der Waals surface area contributed by atoms with Gasteiger partial charge in [0.25, 0.3) is 0 Å². The number of nitrogens with zero attached hydrogens (tertiary/aromatic N) is 1. The number of amides is 1. The highest BCUT2D eigenvalue weighted by molar-refractivity contribution is 7.53. The lowest BCUT2D eigenvalue weighted by Crippen LogP contribution is -2.34. The number of carbonyl (C=O) groups excluding carboxylic acids is 2. The molecule has 1 heterocycles. The molecule has 35 heavy (non-hydrogen) atoms. The summed E-state index contributed by atoms with van der Waals surface area (Å²) < 4.78 is 34.7. The fraction of sp³-hybridized carbons (Fsp3) is 0.542. The molecule has 1 amide bonds. The Bertz CT molecular complexity index is 1060. The maximum atomic E-state index is 13.2. The molecule has 194 valence electrons. The number of carbonyl (C=O) groups is 2. The van der Waals surface area contributed by atoms with Gasteiger partial charge in [-0.05, 0) is 65.3 Å². The van der Waals surface area contributed by atoms with Crippen LogP contribution in [0.2, 0.25) is 0 Å². The summed E-state index contributed by atoms with van der Waals surface area (Å²) in [4.78, 5) is 33.5. The third kappa shape index (κ3) is 9.47. The Hall–Kier alpha value is -2.68. The molecule has 0 saturated carbocycles. The maximum absolute atomic E-state index is 13.2. The monoisotopic (exact) mass is 510 g/mol. The lowest BCUT2D eigenvalue weighted by atomic mass is 10.1. The molecule has 10 nitrogen and oxygen atoms in total. The summed E-state index contributed by atoms with van der Waals surface area (Å²) in [6, 6.07) is 7.37. The molecule has 0 aliphatic carbocycles. The van der Waals surface area contributed by atoms with E-state index in [2.05, 4.69) is 0 Å². The molecule has 0 aliphatic heterocycles. The van der Waals surface area contributed by atoms with Gasteiger partial charge in [0, 0.05) is 23.6 Å². The molecule has 2 aromatic rings. The molecule has 11 heteroatoms. The molecular formula is C24H35N2O8P. The second-order valence-corrected chi connectivity index (χ2v) is 10.6. The molecule has 1 N–H and O–H groups in total. The van der Waals surface area contributed by atoms with Crippen LogP contribution in [0, 0.1) is 0 Å². The summed E-state index contributed by atoms with van der Waals surface area (Å²) in [6.45, 7) is 11.4. The van der Waals surface area contributed by atoms with Crippen LogP contribution in [0.1, 0.15) is 59.2 Å². The number of hydroxylamine groups is 1. The average Bonchev–Trinajstić information content (AvgIpc) is 2.75. The fourth-order valence-electron chi connectivity index (χ4n) is 3.24. The first kappa shape index (κ1) is 28.6. The Kier molecular flexibility index (Phi) is 10.5. The normalized spacial score (nSPS) is 11.8. The zero-order valence-electron chi connectivity index (χ0n) is 21.2. The average molecular weight is 511 g/mol. The van der Waals surface area contributed by atoms with Gasteiger partial charge in [-0.25, -0.2) is 9.59 Å². The third-order valence-electron chi connectivity index (χ3n) is 4.50. The van der Waals surface area contributed by atoms with Crippen LogP contribution in [0.3, 0.4) is 0 Å². The maximum Gasteiger partial charge on any atom is 0.441 e. The summed E-state index contributed by atoms with van der Waals surface area (Å²) in [7, 11) is -3.41. The zero-order valence-corrected chi connectivity index (χ0v) is 22.1. The van der Waals surface area contributed by atoms with Crippen LogP contribution in [0.4, 0.5) is 4.79 Å². The number of nitrogens with one attached hydrogen (secondary N) is 1. The van der Waals surface area contributed by atoms with E-state index in [4.69, 9.17) is 28.3 Å². The van der Waals surface area contributed by atoms with Crippen LogP contribution in [0.15, 0.2) is 24.3 Å². The van der Waals surface area contributed by atoms with Gasteiger partial charge in [-0.2, -0.15) is 0 Å². The second kappa shape index (κ2) is 12.9. The summed E-state index contributed by atoms with van der Waals surface area (Å²) >= 11 is 0. The number of fused-ring (bicyclic) bond motifs is 1. The Balaban J connectivity index is 2.25. The Morgan fingerprint density at radius 1 is 1.03 bits per heavy atom. The predicted octanol–water partition coefficient (Wildman–Crippen LogP) is 5.32. The number of hydrogen-bond acceptors (Lipinski definition) is 9. The van der Waals surface area contributed by atoms with Crippen molar-refractivity contribution < 1.29 is 37.5 Å². The van der Waals surface area contributed by atoms with Crippen LogP contribution < -0.4 is 10.2 Å². The van der Waals surface area contributed by atoms with Gasteiger partial charge in [0.15, 0.2) is 0 Å². The van der Waals surface area contributed by atoms with Gasteiger partial charge < -0.3 is 23.4 Å². The van der Waals surface area contributed by atoms with Crippen molar-refractivity contribution in [3.8, 4) is 5.75 Å². The Labute approximate surface area is 206 Å². The number of ether oxygens (including phenoxy) is 2. The van der Waals surface area contributed by atoms with E-state index < -0.39 is 25.3 Å². The van der Waals surface area contributed by atoms with E-state index in [1.54, 1.807) is 40.7 Å². The number of pyridine rings is 1. The molecule has 0 atom stereocenters. The van der Waals surface area contributed by atoms with Crippen molar-refractivity contribution in [3.63, 3.8) is 0 Å². The minimum Gasteiger partial charge on any atom is -0.494 e. The molecular weight excluding hydrogens is 475 g/mol. The molecule has 0 bridgehead atoms. The van der Waals surface area contributed by atoms with E-state index in [0.29, 0.717) is 29.1 Å².